The molecule has 6 heteroatoms. The number of para-hydroxylation sites is 1. The van der Waals surface area contributed by atoms with E-state index in [2.05, 4.69) is 15.0 Å². The number of rotatable bonds is 1. The SMILES string of the molecule is Cc1ccccc1-n1c(N)c2[nH]cnc2nc1=N. The molecule has 0 saturated heterocycles. The summed E-state index contributed by atoms with van der Waals surface area (Å²) in [7, 11) is 0. The Morgan fingerprint density at radius 2 is 2.11 bits per heavy atom. The number of imidazole rings is 1. The average molecular weight is 240 g/mol. The Bertz CT molecular complexity index is 783. The standard InChI is InChI=1S/C12H12N6/c1-7-4-2-3-5-8(7)18-10(13)9-11(16-6-15-9)17-12(18)14/h2-6H,13H2,1H3,(H2,14,15,16,17). The summed E-state index contributed by atoms with van der Waals surface area (Å²) in [6, 6.07) is 7.73. The van der Waals surface area contributed by atoms with E-state index in [1.54, 1.807) is 4.57 Å². The Morgan fingerprint density at radius 1 is 1.33 bits per heavy atom. The summed E-state index contributed by atoms with van der Waals surface area (Å²) >= 11 is 0. The van der Waals surface area contributed by atoms with Gasteiger partial charge in [0.15, 0.2) is 5.65 Å². The van der Waals surface area contributed by atoms with Crippen molar-refractivity contribution in [2.24, 2.45) is 0 Å². The molecule has 4 N–H and O–H groups in total. The highest BCUT2D eigenvalue weighted by Crippen LogP contribution is 2.19. The zero-order valence-electron chi connectivity index (χ0n) is 9.81. The number of nitrogens with one attached hydrogen (secondary N) is 2. The Hall–Kier alpha value is -2.63. The van der Waals surface area contributed by atoms with Gasteiger partial charge in [-0.3, -0.25) is 9.98 Å². The molecule has 0 spiro atoms. The van der Waals surface area contributed by atoms with E-state index in [1.165, 1.54) is 6.33 Å². The second-order valence-electron chi connectivity index (χ2n) is 4.04. The number of nitrogen functional groups attached to an aromatic ring is 1. The van der Waals surface area contributed by atoms with E-state index in [1.807, 2.05) is 31.2 Å². The summed E-state index contributed by atoms with van der Waals surface area (Å²) < 4.78 is 1.61. The fourth-order valence-corrected chi connectivity index (χ4v) is 1.99. The van der Waals surface area contributed by atoms with Crippen LogP contribution in [0.3, 0.4) is 0 Å². The first kappa shape index (κ1) is 10.5. The molecule has 0 bridgehead atoms. The van der Waals surface area contributed by atoms with Crippen molar-refractivity contribution in [2.45, 2.75) is 6.92 Å². The maximum atomic E-state index is 7.98. The molecule has 0 aliphatic rings. The fourth-order valence-electron chi connectivity index (χ4n) is 1.99. The van der Waals surface area contributed by atoms with E-state index in [4.69, 9.17) is 11.1 Å². The molecule has 0 atom stereocenters. The maximum absolute atomic E-state index is 7.98. The Labute approximate surface area is 103 Å². The summed E-state index contributed by atoms with van der Waals surface area (Å²) in [5, 5.41) is 7.98. The monoisotopic (exact) mass is 240 g/mol. The van der Waals surface area contributed by atoms with E-state index in [0.29, 0.717) is 17.0 Å². The van der Waals surface area contributed by atoms with Crippen molar-refractivity contribution < 1.29 is 0 Å². The fraction of sp³-hybridized carbons (Fsp3) is 0.0833. The summed E-state index contributed by atoms with van der Waals surface area (Å²) in [6.07, 6.45) is 1.52. The van der Waals surface area contributed by atoms with Crippen LogP contribution in [0.1, 0.15) is 5.56 Å². The van der Waals surface area contributed by atoms with Gasteiger partial charge in [-0.05, 0) is 18.6 Å². The highest BCUT2D eigenvalue weighted by atomic mass is 15.2. The van der Waals surface area contributed by atoms with Gasteiger partial charge in [-0.1, -0.05) is 18.2 Å². The van der Waals surface area contributed by atoms with Crippen LogP contribution < -0.4 is 11.4 Å². The van der Waals surface area contributed by atoms with Crippen molar-refractivity contribution in [1.82, 2.24) is 19.5 Å². The minimum absolute atomic E-state index is 0.0707. The van der Waals surface area contributed by atoms with E-state index < -0.39 is 0 Å². The van der Waals surface area contributed by atoms with E-state index in [0.717, 1.165) is 11.3 Å². The number of nitrogens with two attached hydrogens (primary N) is 1. The van der Waals surface area contributed by atoms with Crippen molar-refractivity contribution in [3.05, 3.63) is 41.8 Å². The summed E-state index contributed by atoms with van der Waals surface area (Å²) in [5.41, 5.74) is 9.16. The number of benzene rings is 1. The molecule has 0 saturated carbocycles. The molecular formula is C12H12N6. The van der Waals surface area contributed by atoms with Crippen molar-refractivity contribution in [3.63, 3.8) is 0 Å². The van der Waals surface area contributed by atoms with Crippen molar-refractivity contribution in [3.8, 4) is 5.69 Å². The van der Waals surface area contributed by atoms with Crippen LogP contribution in [0.5, 0.6) is 0 Å². The Balaban J connectivity index is 2.43. The zero-order chi connectivity index (χ0) is 12.7. The molecule has 1 aromatic carbocycles. The summed E-state index contributed by atoms with van der Waals surface area (Å²) in [6.45, 7) is 1.97. The van der Waals surface area contributed by atoms with Crippen LogP contribution in [-0.4, -0.2) is 19.5 Å². The third-order valence-electron chi connectivity index (χ3n) is 2.90. The largest absolute Gasteiger partial charge is 0.383 e. The number of nitrogens with zero attached hydrogens (tertiary/aromatic N) is 3. The predicted molar refractivity (Wildman–Crippen MR) is 68.2 cm³/mol. The maximum Gasteiger partial charge on any atom is 0.230 e. The minimum Gasteiger partial charge on any atom is -0.383 e. The van der Waals surface area contributed by atoms with Crippen LogP contribution in [0, 0.1) is 12.3 Å². The van der Waals surface area contributed by atoms with Crippen LogP contribution in [0.25, 0.3) is 16.9 Å². The average Bonchev–Trinajstić information content (AvgIpc) is 2.79. The Kier molecular flexibility index (Phi) is 2.16. The van der Waals surface area contributed by atoms with Gasteiger partial charge in [-0.25, -0.2) is 4.98 Å². The molecule has 0 fully saturated rings. The molecule has 0 amide bonds. The lowest BCUT2D eigenvalue weighted by Crippen LogP contribution is -2.25. The number of H-pyrrole nitrogens is 1. The molecular weight excluding hydrogens is 228 g/mol. The first-order valence-electron chi connectivity index (χ1n) is 5.50. The minimum atomic E-state index is 0.0707. The molecule has 0 radical (unpaired) electrons. The third kappa shape index (κ3) is 1.39. The molecule has 0 aliphatic carbocycles. The highest BCUT2D eigenvalue weighted by molar-refractivity contribution is 5.81. The third-order valence-corrected chi connectivity index (χ3v) is 2.90. The van der Waals surface area contributed by atoms with Gasteiger partial charge >= 0.3 is 0 Å². The molecule has 0 unspecified atom stereocenters. The molecule has 18 heavy (non-hydrogen) atoms. The Morgan fingerprint density at radius 3 is 2.89 bits per heavy atom. The second kappa shape index (κ2) is 3.69. The van der Waals surface area contributed by atoms with Gasteiger partial charge in [0, 0.05) is 0 Å². The van der Waals surface area contributed by atoms with Gasteiger partial charge in [-0.2, -0.15) is 4.98 Å². The number of hydrogen-bond donors (Lipinski definition) is 3. The lowest BCUT2D eigenvalue weighted by Gasteiger charge is -2.12. The quantitative estimate of drug-likeness (QED) is 0.594. The van der Waals surface area contributed by atoms with Gasteiger partial charge in [0.1, 0.15) is 11.3 Å². The van der Waals surface area contributed by atoms with Crippen LogP contribution in [0.2, 0.25) is 0 Å². The van der Waals surface area contributed by atoms with Crippen molar-refractivity contribution >= 4 is 17.0 Å². The number of aryl methyl sites for hydroxylation is 1. The molecule has 2 aromatic heterocycles. The van der Waals surface area contributed by atoms with Crippen molar-refractivity contribution in [1.29, 1.82) is 5.41 Å². The van der Waals surface area contributed by atoms with Crippen LogP contribution in [-0.2, 0) is 0 Å². The van der Waals surface area contributed by atoms with Crippen LogP contribution in [0.4, 0.5) is 5.82 Å². The summed E-state index contributed by atoms with van der Waals surface area (Å²) in [5.74, 6) is 0.441. The van der Waals surface area contributed by atoms with Gasteiger partial charge in [-0.15, -0.1) is 0 Å². The van der Waals surface area contributed by atoms with Gasteiger partial charge in [0.25, 0.3) is 0 Å². The normalized spacial score (nSPS) is 10.9. The van der Waals surface area contributed by atoms with Crippen LogP contribution >= 0.6 is 0 Å². The first-order valence-corrected chi connectivity index (χ1v) is 5.50. The van der Waals surface area contributed by atoms with E-state index in [-0.39, 0.29) is 5.62 Å². The molecule has 0 aliphatic heterocycles. The lowest BCUT2D eigenvalue weighted by molar-refractivity contribution is 0.868. The summed E-state index contributed by atoms with van der Waals surface area (Å²) in [4.78, 5) is 11.1. The molecule has 6 nitrogen and oxygen atoms in total. The first-order chi connectivity index (χ1) is 8.68. The second-order valence-corrected chi connectivity index (χ2v) is 4.04. The number of fused-ring (bicyclic) bond motifs is 1. The van der Waals surface area contributed by atoms with E-state index in [9.17, 15) is 0 Å². The number of anilines is 1. The topological polar surface area (TPSA) is 96.4 Å². The van der Waals surface area contributed by atoms with Gasteiger partial charge in [0.2, 0.25) is 5.62 Å². The molecule has 3 rings (SSSR count). The van der Waals surface area contributed by atoms with Crippen LogP contribution in [0.15, 0.2) is 30.6 Å². The predicted octanol–water partition coefficient (Wildman–Crippen LogP) is 1.12. The smallest absolute Gasteiger partial charge is 0.230 e. The van der Waals surface area contributed by atoms with Gasteiger partial charge < -0.3 is 10.7 Å². The molecule has 3 aromatic rings. The number of aromatic amines is 1. The highest BCUT2D eigenvalue weighted by Gasteiger charge is 2.11. The van der Waals surface area contributed by atoms with Crippen molar-refractivity contribution in [2.75, 3.05) is 5.73 Å². The number of aromatic nitrogens is 4. The zero-order valence-corrected chi connectivity index (χ0v) is 9.81. The molecule has 2 heterocycles. The lowest BCUT2D eigenvalue weighted by atomic mass is 10.2. The van der Waals surface area contributed by atoms with Gasteiger partial charge in [0.05, 0.1) is 12.0 Å². The van der Waals surface area contributed by atoms with E-state index >= 15 is 0 Å². The molecule has 90 valence electrons. The number of hydrogen-bond acceptors (Lipinski definition) is 4.